The van der Waals surface area contributed by atoms with E-state index in [1.807, 2.05) is 0 Å². The van der Waals surface area contributed by atoms with Crippen molar-refractivity contribution in [3.8, 4) is 0 Å². The molecule has 0 unspecified atom stereocenters. The van der Waals surface area contributed by atoms with Crippen molar-refractivity contribution in [1.82, 2.24) is 4.31 Å². The maximum absolute atomic E-state index is 14.0. The Morgan fingerprint density at radius 2 is 1.67 bits per heavy atom. The summed E-state index contributed by atoms with van der Waals surface area (Å²) in [7, 11) is -3.73. The molecule has 2 aliphatic heterocycles. The van der Waals surface area contributed by atoms with E-state index >= 15 is 0 Å². The number of carbonyl (C=O) groups is 1. The van der Waals surface area contributed by atoms with E-state index in [4.69, 9.17) is 4.74 Å². The molecule has 0 saturated carbocycles. The molecule has 9 heteroatoms. The average Bonchev–Trinajstić information content (AvgIpc) is 3.11. The molecule has 2 fully saturated rings. The van der Waals surface area contributed by atoms with Gasteiger partial charge in [-0.2, -0.15) is 4.31 Å². The van der Waals surface area contributed by atoms with Gasteiger partial charge in [-0.1, -0.05) is 18.9 Å². The molecule has 178 valence electrons. The second kappa shape index (κ2) is 10.2. The fourth-order valence-electron chi connectivity index (χ4n) is 4.23. The lowest BCUT2D eigenvalue weighted by molar-refractivity contribution is 0.0730. The van der Waals surface area contributed by atoms with Crippen LogP contribution in [0.1, 0.15) is 41.6 Å². The van der Waals surface area contributed by atoms with Crippen LogP contribution in [0.25, 0.3) is 0 Å². The largest absolute Gasteiger partial charge is 0.379 e. The number of rotatable bonds is 5. The van der Waals surface area contributed by atoms with Crippen molar-refractivity contribution in [1.29, 1.82) is 0 Å². The monoisotopic (exact) mass is 475 g/mol. The van der Waals surface area contributed by atoms with Gasteiger partial charge in [0, 0.05) is 31.7 Å². The number of carbonyl (C=O) groups excluding carboxylic acids is 1. The van der Waals surface area contributed by atoms with Gasteiger partial charge in [-0.25, -0.2) is 12.8 Å². The number of morpholine rings is 1. The topological polar surface area (TPSA) is 79.0 Å². The predicted octanol–water partition coefficient (Wildman–Crippen LogP) is 3.79. The molecular formula is C24H30FN3O4S. The zero-order valence-electron chi connectivity index (χ0n) is 18.8. The molecular weight excluding hydrogens is 445 g/mol. The highest BCUT2D eigenvalue weighted by Gasteiger charge is 2.28. The highest BCUT2D eigenvalue weighted by atomic mass is 32.2. The lowest BCUT2D eigenvalue weighted by Crippen LogP contribution is -2.40. The second-order valence-electron chi connectivity index (χ2n) is 8.51. The maximum atomic E-state index is 14.0. The van der Waals surface area contributed by atoms with Crippen LogP contribution >= 0.6 is 0 Å². The molecule has 33 heavy (non-hydrogen) atoms. The quantitative estimate of drug-likeness (QED) is 0.712. The molecule has 0 aliphatic carbocycles. The van der Waals surface area contributed by atoms with Crippen LogP contribution in [-0.4, -0.2) is 58.0 Å². The first-order valence-electron chi connectivity index (χ1n) is 11.4. The van der Waals surface area contributed by atoms with Gasteiger partial charge in [-0.15, -0.1) is 0 Å². The third-order valence-electron chi connectivity index (χ3n) is 6.20. The molecule has 2 heterocycles. The predicted molar refractivity (Wildman–Crippen MR) is 126 cm³/mol. The molecule has 1 N–H and O–H groups in total. The molecule has 2 aliphatic rings. The number of sulfonamides is 1. The third kappa shape index (κ3) is 5.37. The number of amides is 1. The van der Waals surface area contributed by atoms with Crippen molar-refractivity contribution in [3.63, 3.8) is 0 Å². The molecule has 0 radical (unpaired) electrons. The smallest absolute Gasteiger partial charge is 0.255 e. The van der Waals surface area contributed by atoms with Crippen molar-refractivity contribution < 1.29 is 22.3 Å². The normalized spacial score (nSPS) is 18.1. The van der Waals surface area contributed by atoms with Crippen LogP contribution in [0, 0.1) is 12.7 Å². The number of nitrogens with zero attached hydrogens (tertiary/aromatic N) is 2. The van der Waals surface area contributed by atoms with Crippen molar-refractivity contribution in [3.05, 3.63) is 53.3 Å². The minimum Gasteiger partial charge on any atom is -0.379 e. The highest BCUT2D eigenvalue weighted by molar-refractivity contribution is 7.89. The van der Waals surface area contributed by atoms with Crippen molar-refractivity contribution >= 4 is 27.3 Å². The summed E-state index contributed by atoms with van der Waals surface area (Å²) in [6.07, 6.45) is 4.35. The summed E-state index contributed by atoms with van der Waals surface area (Å²) < 4.78 is 47.2. The summed E-state index contributed by atoms with van der Waals surface area (Å²) in [4.78, 5) is 15.3. The van der Waals surface area contributed by atoms with E-state index < -0.39 is 21.7 Å². The first-order chi connectivity index (χ1) is 15.9. The van der Waals surface area contributed by atoms with Crippen LogP contribution in [-0.2, 0) is 14.8 Å². The minimum absolute atomic E-state index is 0.119. The number of anilines is 2. The van der Waals surface area contributed by atoms with Crippen LogP contribution in [0.2, 0.25) is 0 Å². The van der Waals surface area contributed by atoms with E-state index in [1.54, 1.807) is 31.2 Å². The maximum Gasteiger partial charge on any atom is 0.255 e. The number of halogens is 1. The van der Waals surface area contributed by atoms with E-state index in [2.05, 4.69) is 10.2 Å². The number of hydrogen-bond acceptors (Lipinski definition) is 5. The Labute approximate surface area is 194 Å². The van der Waals surface area contributed by atoms with Gasteiger partial charge < -0.3 is 15.0 Å². The molecule has 7 nitrogen and oxygen atoms in total. The molecule has 1 amide bonds. The Morgan fingerprint density at radius 3 is 2.33 bits per heavy atom. The van der Waals surface area contributed by atoms with Crippen LogP contribution in [0.15, 0.2) is 41.3 Å². The van der Waals surface area contributed by atoms with Gasteiger partial charge in [-0.3, -0.25) is 4.79 Å². The van der Waals surface area contributed by atoms with Gasteiger partial charge in [0.15, 0.2) is 0 Å². The van der Waals surface area contributed by atoms with Crippen molar-refractivity contribution in [2.45, 2.75) is 37.5 Å². The Bertz CT molecular complexity index is 1110. The highest BCUT2D eigenvalue weighted by Crippen LogP contribution is 2.32. The fraction of sp³-hybridized carbons (Fsp3) is 0.458. The Hall–Kier alpha value is -2.49. The average molecular weight is 476 g/mol. The van der Waals surface area contributed by atoms with Gasteiger partial charge in [-0.05, 0) is 55.7 Å². The zero-order valence-corrected chi connectivity index (χ0v) is 19.7. The van der Waals surface area contributed by atoms with Gasteiger partial charge in [0.2, 0.25) is 10.0 Å². The molecule has 0 bridgehead atoms. The van der Waals surface area contributed by atoms with Crippen LogP contribution in [0.3, 0.4) is 0 Å². The van der Waals surface area contributed by atoms with E-state index in [0.29, 0.717) is 37.6 Å². The Balaban J connectivity index is 1.69. The van der Waals surface area contributed by atoms with Crippen LogP contribution in [0.4, 0.5) is 15.8 Å². The first-order valence-corrected chi connectivity index (χ1v) is 12.8. The van der Waals surface area contributed by atoms with E-state index in [0.717, 1.165) is 44.5 Å². The van der Waals surface area contributed by atoms with Gasteiger partial charge in [0.05, 0.1) is 29.5 Å². The number of ether oxygens (including phenoxy) is 1. The SMILES string of the molecule is Cc1ccc(C(=O)Nc2cc(S(=O)(=O)N3CCOCC3)ccc2N2CCCCCC2)cc1F. The molecule has 2 saturated heterocycles. The first kappa shape index (κ1) is 23.7. The lowest BCUT2D eigenvalue weighted by Gasteiger charge is -2.28. The molecule has 0 aromatic heterocycles. The zero-order chi connectivity index (χ0) is 23.4. The summed E-state index contributed by atoms with van der Waals surface area (Å²) in [5.41, 5.74) is 1.83. The molecule has 0 atom stereocenters. The Morgan fingerprint density at radius 1 is 0.970 bits per heavy atom. The third-order valence-corrected chi connectivity index (χ3v) is 8.10. The number of benzene rings is 2. The van der Waals surface area contributed by atoms with Crippen molar-refractivity contribution in [2.24, 2.45) is 0 Å². The van der Waals surface area contributed by atoms with E-state index in [1.165, 1.54) is 16.4 Å². The Kier molecular flexibility index (Phi) is 7.31. The van der Waals surface area contributed by atoms with E-state index in [-0.39, 0.29) is 10.5 Å². The number of aryl methyl sites for hydroxylation is 1. The summed E-state index contributed by atoms with van der Waals surface area (Å²) in [5.74, 6) is -0.940. The summed E-state index contributed by atoms with van der Waals surface area (Å²) in [5, 5.41) is 2.85. The summed E-state index contributed by atoms with van der Waals surface area (Å²) in [6.45, 7) is 4.59. The summed E-state index contributed by atoms with van der Waals surface area (Å²) in [6, 6.07) is 9.21. The fourth-order valence-corrected chi connectivity index (χ4v) is 5.66. The van der Waals surface area contributed by atoms with E-state index in [9.17, 15) is 17.6 Å². The number of nitrogens with one attached hydrogen (secondary N) is 1. The van der Waals surface area contributed by atoms with Gasteiger partial charge in [0.25, 0.3) is 5.91 Å². The number of hydrogen-bond donors (Lipinski definition) is 1. The van der Waals surface area contributed by atoms with Gasteiger partial charge >= 0.3 is 0 Å². The van der Waals surface area contributed by atoms with Crippen LogP contribution < -0.4 is 10.2 Å². The standard InChI is InChI=1S/C24H30FN3O4S/c1-18-6-7-19(16-21(18)25)24(29)26-22-17-20(33(30,31)28-12-14-32-15-13-28)8-9-23(22)27-10-4-2-3-5-11-27/h6-9,16-17H,2-5,10-15H2,1H3,(H,26,29). The van der Waals surface area contributed by atoms with Gasteiger partial charge in [0.1, 0.15) is 5.82 Å². The molecule has 2 aromatic rings. The van der Waals surface area contributed by atoms with Crippen molar-refractivity contribution in [2.75, 3.05) is 49.6 Å². The molecule has 0 spiro atoms. The molecule has 4 rings (SSSR count). The lowest BCUT2D eigenvalue weighted by atomic mass is 10.1. The summed E-state index contributed by atoms with van der Waals surface area (Å²) >= 11 is 0. The second-order valence-corrected chi connectivity index (χ2v) is 10.5. The van der Waals surface area contributed by atoms with Crippen LogP contribution in [0.5, 0.6) is 0 Å². The minimum atomic E-state index is -3.73. The molecule has 2 aromatic carbocycles.